The summed E-state index contributed by atoms with van der Waals surface area (Å²) in [5.74, 6) is 0.684. The number of fused-ring (bicyclic) bond motifs is 1. The summed E-state index contributed by atoms with van der Waals surface area (Å²) in [5, 5.41) is 23.7. The van der Waals surface area contributed by atoms with E-state index in [1.165, 1.54) is 5.57 Å². The summed E-state index contributed by atoms with van der Waals surface area (Å²) in [7, 11) is 0. The molecular formula is C29H49NO5. The van der Waals surface area contributed by atoms with Gasteiger partial charge in [0.05, 0.1) is 24.0 Å². The molecule has 6 nitrogen and oxygen atoms in total. The Kier molecular flexibility index (Phi) is 11.5. The third-order valence-corrected chi connectivity index (χ3v) is 7.94. The second kappa shape index (κ2) is 13.6. The normalized spacial score (nSPS) is 28.0. The number of hydrogen-bond donors (Lipinski definition) is 3. The lowest BCUT2D eigenvalue weighted by molar-refractivity contribution is -0.164. The molecule has 7 unspecified atom stereocenters. The summed E-state index contributed by atoms with van der Waals surface area (Å²) in [6.07, 6.45) is 9.97. The SMILES string of the molecule is CCCCNC(=O)CC(O)CC(O)CCC1C(C)C=CC2=CC(C)CC(OC(=O)C(C)(C)CC)C21. The smallest absolute Gasteiger partial charge is 0.311 e. The van der Waals surface area contributed by atoms with Gasteiger partial charge in [-0.1, -0.05) is 52.3 Å². The van der Waals surface area contributed by atoms with Crippen molar-refractivity contribution in [3.8, 4) is 0 Å². The Bertz CT molecular complexity index is 758. The van der Waals surface area contributed by atoms with E-state index in [4.69, 9.17) is 4.74 Å². The van der Waals surface area contributed by atoms with Gasteiger partial charge < -0.3 is 20.3 Å². The molecule has 0 fully saturated rings. The predicted octanol–water partition coefficient (Wildman–Crippen LogP) is 4.94. The fourth-order valence-corrected chi connectivity index (χ4v) is 5.25. The number of allylic oxidation sites excluding steroid dienone is 3. The fraction of sp³-hybridized carbons (Fsp3) is 0.793. The summed E-state index contributed by atoms with van der Waals surface area (Å²) in [6.45, 7) is 12.9. The number of aliphatic hydroxyl groups is 2. The summed E-state index contributed by atoms with van der Waals surface area (Å²) in [6, 6.07) is 0. The second-order valence-electron chi connectivity index (χ2n) is 11.5. The molecule has 0 spiro atoms. The number of amides is 1. The molecule has 2 aliphatic rings. The summed E-state index contributed by atoms with van der Waals surface area (Å²) >= 11 is 0. The molecule has 0 radical (unpaired) electrons. The highest BCUT2D eigenvalue weighted by Gasteiger charge is 2.42. The molecule has 1 amide bonds. The van der Waals surface area contributed by atoms with Crippen LogP contribution in [-0.2, 0) is 14.3 Å². The lowest BCUT2D eigenvalue weighted by Gasteiger charge is -2.44. The molecule has 7 atom stereocenters. The highest BCUT2D eigenvalue weighted by Crippen LogP contribution is 2.45. The van der Waals surface area contributed by atoms with Crippen molar-refractivity contribution in [3.63, 3.8) is 0 Å². The Hall–Kier alpha value is -1.66. The van der Waals surface area contributed by atoms with Gasteiger partial charge in [-0.25, -0.2) is 0 Å². The summed E-state index contributed by atoms with van der Waals surface area (Å²) in [5.41, 5.74) is 0.725. The standard InChI is InChI=1S/C29H49NO5/c1-7-9-14-30-26(33)18-23(32)17-22(31)12-13-24-20(4)10-11-21-15-19(3)16-25(27(21)24)35-28(34)29(5,6)8-2/h10-11,15,19-20,22-25,27,31-32H,7-9,12-14,16-18H2,1-6H3,(H,30,33). The zero-order valence-corrected chi connectivity index (χ0v) is 22.8. The summed E-state index contributed by atoms with van der Waals surface area (Å²) in [4.78, 5) is 24.9. The van der Waals surface area contributed by atoms with Gasteiger partial charge in [0.15, 0.2) is 0 Å². The number of esters is 1. The van der Waals surface area contributed by atoms with E-state index in [0.717, 1.165) is 32.1 Å². The van der Waals surface area contributed by atoms with Crippen LogP contribution < -0.4 is 5.32 Å². The van der Waals surface area contributed by atoms with Gasteiger partial charge in [0.2, 0.25) is 5.91 Å². The van der Waals surface area contributed by atoms with Crippen molar-refractivity contribution in [1.82, 2.24) is 5.32 Å². The number of unbranched alkanes of at least 4 members (excludes halogenated alkanes) is 1. The number of rotatable bonds is 13. The van der Waals surface area contributed by atoms with E-state index in [1.807, 2.05) is 20.8 Å². The molecule has 0 aromatic carbocycles. The van der Waals surface area contributed by atoms with Crippen molar-refractivity contribution in [1.29, 1.82) is 0 Å². The monoisotopic (exact) mass is 491 g/mol. The first-order valence-corrected chi connectivity index (χ1v) is 13.7. The molecule has 3 N–H and O–H groups in total. The number of ether oxygens (including phenoxy) is 1. The van der Waals surface area contributed by atoms with Crippen molar-refractivity contribution in [2.24, 2.45) is 29.1 Å². The Morgan fingerprint density at radius 3 is 2.57 bits per heavy atom. The van der Waals surface area contributed by atoms with Crippen LogP contribution in [0.4, 0.5) is 0 Å². The first-order valence-electron chi connectivity index (χ1n) is 13.7. The van der Waals surface area contributed by atoms with Crippen molar-refractivity contribution in [2.75, 3.05) is 6.54 Å². The van der Waals surface area contributed by atoms with E-state index in [1.54, 1.807) is 0 Å². The lowest BCUT2D eigenvalue weighted by atomic mass is 9.65. The van der Waals surface area contributed by atoms with Crippen LogP contribution >= 0.6 is 0 Å². The average Bonchev–Trinajstić information content (AvgIpc) is 2.78. The molecule has 2 rings (SSSR count). The fourth-order valence-electron chi connectivity index (χ4n) is 5.25. The Balaban J connectivity index is 2.00. The number of aliphatic hydroxyl groups excluding tert-OH is 2. The van der Waals surface area contributed by atoms with Gasteiger partial charge >= 0.3 is 5.97 Å². The van der Waals surface area contributed by atoms with Crippen LogP contribution in [0, 0.1) is 29.1 Å². The third kappa shape index (κ3) is 8.75. The van der Waals surface area contributed by atoms with Crippen LogP contribution in [0.15, 0.2) is 23.8 Å². The van der Waals surface area contributed by atoms with Crippen LogP contribution in [0.3, 0.4) is 0 Å². The minimum Gasteiger partial charge on any atom is -0.461 e. The van der Waals surface area contributed by atoms with Crippen molar-refractivity contribution in [3.05, 3.63) is 23.8 Å². The molecule has 35 heavy (non-hydrogen) atoms. The molecule has 0 aromatic heterocycles. The Labute approximate surface area is 212 Å². The summed E-state index contributed by atoms with van der Waals surface area (Å²) < 4.78 is 6.16. The number of hydrogen-bond acceptors (Lipinski definition) is 5. The maximum atomic E-state index is 12.9. The minimum absolute atomic E-state index is 0.0159. The molecule has 0 aromatic rings. The maximum Gasteiger partial charge on any atom is 0.311 e. The van der Waals surface area contributed by atoms with Crippen molar-refractivity contribution < 1.29 is 24.5 Å². The van der Waals surface area contributed by atoms with Crippen LogP contribution in [0.1, 0.15) is 92.9 Å². The van der Waals surface area contributed by atoms with Gasteiger partial charge in [-0.05, 0) is 75.7 Å². The minimum atomic E-state index is -0.855. The average molecular weight is 492 g/mol. The predicted molar refractivity (Wildman–Crippen MR) is 139 cm³/mol. The topological polar surface area (TPSA) is 95.9 Å². The molecule has 200 valence electrons. The van der Waals surface area contributed by atoms with E-state index in [-0.39, 0.29) is 42.7 Å². The first-order chi connectivity index (χ1) is 16.5. The van der Waals surface area contributed by atoms with Gasteiger partial charge in [0.25, 0.3) is 0 Å². The van der Waals surface area contributed by atoms with Crippen LogP contribution in [0.25, 0.3) is 0 Å². The molecule has 2 aliphatic carbocycles. The van der Waals surface area contributed by atoms with E-state index in [2.05, 4.69) is 44.3 Å². The van der Waals surface area contributed by atoms with E-state index >= 15 is 0 Å². The third-order valence-electron chi connectivity index (χ3n) is 7.94. The quantitative estimate of drug-likeness (QED) is 0.251. The molecule has 0 heterocycles. The zero-order chi connectivity index (χ0) is 26.2. The van der Waals surface area contributed by atoms with Gasteiger partial charge in [-0.2, -0.15) is 0 Å². The molecular weight excluding hydrogens is 442 g/mol. The lowest BCUT2D eigenvalue weighted by Crippen LogP contribution is -2.43. The molecule has 0 saturated carbocycles. The van der Waals surface area contributed by atoms with Gasteiger partial charge in [0, 0.05) is 12.5 Å². The number of carbonyl (C=O) groups is 2. The van der Waals surface area contributed by atoms with Crippen molar-refractivity contribution in [2.45, 2.75) is 111 Å². The van der Waals surface area contributed by atoms with Gasteiger partial charge in [-0.3, -0.25) is 9.59 Å². The van der Waals surface area contributed by atoms with Crippen LogP contribution in [0.5, 0.6) is 0 Å². The first kappa shape index (κ1) is 29.6. The largest absolute Gasteiger partial charge is 0.461 e. The van der Waals surface area contributed by atoms with Gasteiger partial charge in [-0.15, -0.1) is 0 Å². The van der Waals surface area contributed by atoms with Crippen LogP contribution in [-0.4, -0.2) is 46.9 Å². The molecule has 0 saturated heterocycles. The Morgan fingerprint density at radius 2 is 1.91 bits per heavy atom. The molecule has 6 heteroatoms. The molecule has 0 bridgehead atoms. The van der Waals surface area contributed by atoms with Crippen molar-refractivity contribution >= 4 is 11.9 Å². The van der Waals surface area contributed by atoms with E-state index < -0.39 is 17.6 Å². The Morgan fingerprint density at radius 1 is 1.20 bits per heavy atom. The van der Waals surface area contributed by atoms with Gasteiger partial charge in [0.1, 0.15) is 6.10 Å². The highest BCUT2D eigenvalue weighted by molar-refractivity contribution is 5.76. The maximum absolute atomic E-state index is 12.9. The zero-order valence-electron chi connectivity index (χ0n) is 22.8. The second-order valence-corrected chi connectivity index (χ2v) is 11.5. The van der Waals surface area contributed by atoms with E-state index in [9.17, 15) is 19.8 Å². The highest BCUT2D eigenvalue weighted by atomic mass is 16.5. The number of nitrogens with one attached hydrogen (secondary N) is 1. The number of carbonyl (C=O) groups excluding carboxylic acids is 2. The molecule has 0 aliphatic heterocycles. The van der Waals surface area contributed by atoms with Crippen LogP contribution in [0.2, 0.25) is 0 Å². The van der Waals surface area contributed by atoms with E-state index in [0.29, 0.717) is 24.8 Å².